The normalized spacial score (nSPS) is 11.3. The highest BCUT2D eigenvalue weighted by molar-refractivity contribution is 6.31. The molecular formula is C9H6ClF3O3. The molecule has 0 atom stereocenters. The summed E-state index contributed by atoms with van der Waals surface area (Å²) in [5.41, 5.74) is -1.63. The second kappa shape index (κ2) is 4.21. The van der Waals surface area contributed by atoms with Gasteiger partial charge in [0.25, 0.3) is 0 Å². The highest BCUT2D eigenvalue weighted by atomic mass is 35.5. The number of aromatic hydroxyl groups is 1. The Morgan fingerprint density at radius 2 is 2.00 bits per heavy atom. The van der Waals surface area contributed by atoms with Gasteiger partial charge in [0.05, 0.1) is 17.7 Å². The number of halogens is 4. The molecule has 0 amide bonds. The Hall–Kier alpha value is -1.43. The van der Waals surface area contributed by atoms with E-state index in [9.17, 15) is 23.1 Å². The van der Waals surface area contributed by atoms with E-state index >= 15 is 0 Å². The van der Waals surface area contributed by atoms with E-state index in [4.69, 9.17) is 11.6 Å². The minimum atomic E-state index is -4.69. The molecule has 0 heterocycles. The predicted octanol–water partition coefficient (Wildman–Crippen LogP) is 2.85. The zero-order valence-corrected chi connectivity index (χ0v) is 8.69. The molecule has 0 aliphatic heterocycles. The molecule has 0 radical (unpaired) electrons. The first-order valence-corrected chi connectivity index (χ1v) is 4.33. The van der Waals surface area contributed by atoms with Gasteiger partial charge in [-0.3, -0.25) is 0 Å². The van der Waals surface area contributed by atoms with Crippen LogP contribution in [-0.4, -0.2) is 18.2 Å². The molecule has 1 aromatic rings. The minimum Gasteiger partial charge on any atom is -0.507 e. The van der Waals surface area contributed by atoms with Crippen LogP contribution in [0.4, 0.5) is 13.2 Å². The highest BCUT2D eigenvalue weighted by Gasteiger charge is 2.34. The van der Waals surface area contributed by atoms with Crippen LogP contribution in [0.15, 0.2) is 12.1 Å². The third-order valence-corrected chi connectivity index (χ3v) is 2.11. The van der Waals surface area contributed by atoms with Crippen molar-refractivity contribution in [3.8, 4) is 5.75 Å². The smallest absolute Gasteiger partial charge is 0.417 e. The molecule has 16 heavy (non-hydrogen) atoms. The SMILES string of the molecule is COC(=O)c1cc(Cl)c(C(F)(F)F)cc1O. The van der Waals surface area contributed by atoms with Crippen LogP contribution in [0.3, 0.4) is 0 Å². The van der Waals surface area contributed by atoms with E-state index in [1.807, 2.05) is 0 Å². The van der Waals surface area contributed by atoms with Crippen molar-refractivity contribution in [2.75, 3.05) is 7.11 Å². The van der Waals surface area contributed by atoms with Gasteiger partial charge in [-0.1, -0.05) is 11.6 Å². The number of phenols is 1. The van der Waals surface area contributed by atoms with Gasteiger partial charge < -0.3 is 9.84 Å². The van der Waals surface area contributed by atoms with Crippen LogP contribution in [0.1, 0.15) is 15.9 Å². The molecule has 0 bridgehead atoms. The van der Waals surface area contributed by atoms with Crippen molar-refractivity contribution < 1.29 is 27.8 Å². The number of carbonyl (C=O) groups is 1. The van der Waals surface area contributed by atoms with E-state index < -0.39 is 34.0 Å². The number of phenolic OH excluding ortho intramolecular Hbond substituents is 1. The number of rotatable bonds is 1. The zero-order chi connectivity index (χ0) is 12.5. The Kier molecular flexibility index (Phi) is 3.32. The third kappa shape index (κ3) is 2.38. The van der Waals surface area contributed by atoms with E-state index in [0.717, 1.165) is 7.11 Å². The van der Waals surface area contributed by atoms with Gasteiger partial charge in [0, 0.05) is 0 Å². The monoisotopic (exact) mass is 254 g/mol. The standard InChI is InChI=1S/C9H6ClF3O3/c1-16-8(15)4-2-6(10)5(3-7(4)14)9(11,12)13/h2-3,14H,1H3. The summed E-state index contributed by atoms with van der Waals surface area (Å²) in [6.45, 7) is 0. The lowest BCUT2D eigenvalue weighted by Crippen LogP contribution is -2.08. The lowest BCUT2D eigenvalue weighted by atomic mass is 10.1. The maximum Gasteiger partial charge on any atom is 0.417 e. The quantitative estimate of drug-likeness (QED) is 0.784. The summed E-state index contributed by atoms with van der Waals surface area (Å²) in [6.07, 6.45) is -4.69. The van der Waals surface area contributed by atoms with Crippen molar-refractivity contribution in [2.24, 2.45) is 0 Å². The maximum atomic E-state index is 12.3. The van der Waals surface area contributed by atoms with Crippen molar-refractivity contribution in [1.82, 2.24) is 0 Å². The van der Waals surface area contributed by atoms with Crippen molar-refractivity contribution in [1.29, 1.82) is 0 Å². The van der Waals surface area contributed by atoms with Crippen LogP contribution in [0.2, 0.25) is 5.02 Å². The first-order chi connectivity index (χ1) is 7.27. The largest absolute Gasteiger partial charge is 0.507 e. The fourth-order valence-electron chi connectivity index (χ4n) is 1.05. The van der Waals surface area contributed by atoms with E-state index in [-0.39, 0.29) is 0 Å². The highest BCUT2D eigenvalue weighted by Crippen LogP contribution is 2.38. The molecule has 0 unspecified atom stereocenters. The summed E-state index contributed by atoms with van der Waals surface area (Å²) in [4.78, 5) is 11.0. The number of ether oxygens (including phenoxy) is 1. The molecule has 0 spiro atoms. The first-order valence-electron chi connectivity index (χ1n) is 3.95. The summed E-state index contributed by atoms with van der Waals surface area (Å²) in [7, 11) is 1.04. The minimum absolute atomic E-state index is 0.384. The van der Waals surface area contributed by atoms with Crippen LogP contribution >= 0.6 is 11.6 Å². The van der Waals surface area contributed by atoms with Crippen molar-refractivity contribution in [2.45, 2.75) is 6.18 Å². The van der Waals surface area contributed by atoms with Crippen LogP contribution in [0.25, 0.3) is 0 Å². The Morgan fingerprint density at radius 3 is 2.44 bits per heavy atom. The van der Waals surface area contributed by atoms with Gasteiger partial charge >= 0.3 is 12.1 Å². The van der Waals surface area contributed by atoms with Crippen molar-refractivity contribution in [3.63, 3.8) is 0 Å². The average Bonchev–Trinajstić information content (AvgIpc) is 2.18. The lowest BCUT2D eigenvalue weighted by molar-refractivity contribution is -0.137. The molecule has 7 heteroatoms. The number of alkyl halides is 3. The van der Waals surface area contributed by atoms with Crippen LogP contribution in [0, 0.1) is 0 Å². The molecule has 0 aliphatic rings. The average molecular weight is 255 g/mol. The first kappa shape index (κ1) is 12.6. The molecule has 1 N–H and O–H groups in total. The molecule has 1 aromatic carbocycles. The van der Waals surface area contributed by atoms with Gasteiger partial charge in [-0.05, 0) is 12.1 Å². The number of methoxy groups -OCH3 is 1. The van der Waals surface area contributed by atoms with E-state index in [2.05, 4.69) is 4.74 Å². The molecule has 0 saturated carbocycles. The fourth-order valence-corrected chi connectivity index (χ4v) is 1.32. The van der Waals surface area contributed by atoms with Crippen molar-refractivity contribution >= 4 is 17.6 Å². The molecular weight excluding hydrogens is 249 g/mol. The number of benzene rings is 1. The van der Waals surface area contributed by atoms with Crippen LogP contribution < -0.4 is 0 Å². The summed E-state index contributed by atoms with van der Waals surface area (Å²) in [5, 5.41) is 8.55. The van der Waals surface area contributed by atoms with Gasteiger partial charge in [0.2, 0.25) is 0 Å². The number of esters is 1. The van der Waals surface area contributed by atoms with E-state index in [0.29, 0.717) is 12.1 Å². The molecule has 0 aliphatic carbocycles. The van der Waals surface area contributed by atoms with E-state index in [1.54, 1.807) is 0 Å². The summed E-state index contributed by atoms with van der Waals surface area (Å²) in [6, 6.07) is 1.10. The summed E-state index contributed by atoms with van der Waals surface area (Å²) >= 11 is 5.35. The number of hydrogen-bond donors (Lipinski definition) is 1. The lowest BCUT2D eigenvalue weighted by Gasteiger charge is -2.11. The summed E-state index contributed by atoms with van der Waals surface area (Å²) < 4.78 is 41.3. The van der Waals surface area contributed by atoms with Gasteiger partial charge in [-0.25, -0.2) is 4.79 Å². The maximum absolute atomic E-state index is 12.3. The third-order valence-electron chi connectivity index (χ3n) is 1.80. The zero-order valence-electron chi connectivity index (χ0n) is 7.93. The number of hydrogen-bond acceptors (Lipinski definition) is 3. The van der Waals surface area contributed by atoms with Gasteiger partial charge in [-0.15, -0.1) is 0 Å². The second-order valence-corrected chi connectivity index (χ2v) is 3.25. The molecule has 88 valence electrons. The van der Waals surface area contributed by atoms with Crippen LogP contribution in [-0.2, 0) is 10.9 Å². The Bertz CT molecular complexity index is 429. The Balaban J connectivity index is 3.33. The second-order valence-electron chi connectivity index (χ2n) is 2.84. The Morgan fingerprint density at radius 1 is 1.44 bits per heavy atom. The molecule has 0 saturated heterocycles. The molecule has 0 fully saturated rings. The predicted molar refractivity (Wildman–Crippen MR) is 49.5 cm³/mol. The van der Waals surface area contributed by atoms with Gasteiger partial charge in [0.1, 0.15) is 11.3 Å². The molecule has 3 nitrogen and oxygen atoms in total. The van der Waals surface area contributed by atoms with Crippen LogP contribution in [0.5, 0.6) is 5.75 Å². The molecule has 1 rings (SSSR count). The fraction of sp³-hybridized carbons (Fsp3) is 0.222. The summed E-state index contributed by atoms with van der Waals surface area (Å²) in [5.74, 6) is -1.79. The van der Waals surface area contributed by atoms with Crippen molar-refractivity contribution in [3.05, 3.63) is 28.3 Å². The molecule has 0 aromatic heterocycles. The van der Waals surface area contributed by atoms with Gasteiger partial charge in [0.15, 0.2) is 0 Å². The Labute approximate surface area is 93.4 Å². The van der Waals surface area contributed by atoms with Gasteiger partial charge in [-0.2, -0.15) is 13.2 Å². The number of carbonyl (C=O) groups excluding carboxylic acids is 1. The topological polar surface area (TPSA) is 46.5 Å². The van der Waals surface area contributed by atoms with E-state index in [1.165, 1.54) is 0 Å².